The van der Waals surface area contributed by atoms with E-state index in [0.29, 0.717) is 0 Å². The molecule has 0 bridgehead atoms. The van der Waals surface area contributed by atoms with Crippen molar-refractivity contribution < 1.29 is 0 Å². The lowest BCUT2D eigenvalue weighted by atomic mass is 9.92. The van der Waals surface area contributed by atoms with Crippen LogP contribution in [0.1, 0.15) is 24.8 Å². The first-order chi connectivity index (χ1) is 11.9. The minimum Gasteiger partial charge on any atom is -0.330 e. The summed E-state index contributed by atoms with van der Waals surface area (Å²) in [7, 11) is 0. The first-order valence-electron chi connectivity index (χ1n) is 8.94. The van der Waals surface area contributed by atoms with E-state index in [2.05, 4.69) is 59.9 Å². The third kappa shape index (κ3) is 2.72. The SMILES string of the molecule is NCCCCCNCc1ccc2ccc3cccc4ccc1c2c34. The fraction of sp³-hybridized carbons (Fsp3) is 0.273. The Morgan fingerprint density at radius 2 is 1.42 bits per heavy atom. The van der Waals surface area contributed by atoms with Gasteiger partial charge in [0.25, 0.3) is 0 Å². The van der Waals surface area contributed by atoms with E-state index in [1.54, 1.807) is 0 Å². The molecular weight excluding hydrogens is 292 g/mol. The van der Waals surface area contributed by atoms with Crippen LogP contribution in [0.2, 0.25) is 0 Å². The van der Waals surface area contributed by atoms with Gasteiger partial charge in [0.2, 0.25) is 0 Å². The van der Waals surface area contributed by atoms with Crippen LogP contribution in [0.5, 0.6) is 0 Å². The molecule has 2 heteroatoms. The summed E-state index contributed by atoms with van der Waals surface area (Å²) in [5, 5.41) is 11.8. The monoisotopic (exact) mass is 316 g/mol. The molecule has 0 radical (unpaired) electrons. The minimum absolute atomic E-state index is 0.801. The van der Waals surface area contributed by atoms with Gasteiger partial charge in [0.05, 0.1) is 0 Å². The van der Waals surface area contributed by atoms with Gasteiger partial charge in [0.15, 0.2) is 0 Å². The zero-order valence-electron chi connectivity index (χ0n) is 14.0. The maximum Gasteiger partial charge on any atom is 0.0211 e. The average Bonchev–Trinajstić information content (AvgIpc) is 2.63. The summed E-state index contributed by atoms with van der Waals surface area (Å²) >= 11 is 0. The molecule has 2 nitrogen and oxygen atoms in total. The second-order valence-corrected chi connectivity index (χ2v) is 6.61. The van der Waals surface area contributed by atoms with Crippen molar-refractivity contribution in [3.05, 3.63) is 60.2 Å². The predicted octanol–water partition coefficient (Wildman–Crippen LogP) is 4.80. The number of rotatable bonds is 7. The van der Waals surface area contributed by atoms with E-state index in [9.17, 15) is 0 Å². The molecule has 4 rings (SSSR count). The van der Waals surface area contributed by atoms with Gasteiger partial charge in [-0.05, 0) is 63.8 Å². The molecule has 4 aromatic carbocycles. The van der Waals surface area contributed by atoms with Crippen LogP contribution < -0.4 is 11.1 Å². The number of unbranched alkanes of at least 4 members (excludes halogenated alkanes) is 2. The van der Waals surface area contributed by atoms with Crippen molar-refractivity contribution in [2.24, 2.45) is 5.73 Å². The van der Waals surface area contributed by atoms with Crippen LogP contribution in [-0.2, 0) is 6.54 Å². The molecule has 0 atom stereocenters. The number of benzene rings is 4. The van der Waals surface area contributed by atoms with Crippen molar-refractivity contribution in [3.8, 4) is 0 Å². The number of nitrogens with two attached hydrogens (primary N) is 1. The Kier molecular flexibility index (Phi) is 4.33. The Hall–Kier alpha value is -2.16. The summed E-state index contributed by atoms with van der Waals surface area (Å²) < 4.78 is 0. The highest BCUT2D eigenvalue weighted by Gasteiger charge is 2.10. The Bertz CT molecular complexity index is 942. The second-order valence-electron chi connectivity index (χ2n) is 6.61. The standard InChI is InChI=1S/C22H24N2/c23-13-2-1-3-14-24-15-19-10-9-18-8-7-16-5-4-6-17-11-12-20(19)22(18)21(16)17/h4-12,24H,1-3,13-15,23H2. The quantitative estimate of drug-likeness (QED) is 0.379. The molecule has 0 spiro atoms. The minimum atomic E-state index is 0.801. The van der Waals surface area contributed by atoms with E-state index in [1.807, 2.05) is 0 Å². The molecule has 4 aromatic rings. The van der Waals surface area contributed by atoms with Crippen molar-refractivity contribution in [2.75, 3.05) is 13.1 Å². The molecule has 0 saturated carbocycles. The van der Waals surface area contributed by atoms with Crippen molar-refractivity contribution in [1.82, 2.24) is 5.32 Å². The van der Waals surface area contributed by atoms with E-state index in [0.717, 1.165) is 26.1 Å². The van der Waals surface area contributed by atoms with Crippen LogP contribution in [0, 0.1) is 0 Å². The number of hydrogen-bond donors (Lipinski definition) is 2. The van der Waals surface area contributed by atoms with Crippen LogP contribution in [0.4, 0.5) is 0 Å². The van der Waals surface area contributed by atoms with Crippen molar-refractivity contribution in [3.63, 3.8) is 0 Å². The van der Waals surface area contributed by atoms with Gasteiger partial charge < -0.3 is 11.1 Å². The zero-order valence-corrected chi connectivity index (χ0v) is 14.0. The molecule has 0 heterocycles. The second kappa shape index (κ2) is 6.76. The Balaban J connectivity index is 1.67. The normalized spacial score (nSPS) is 11.9. The Morgan fingerprint density at radius 3 is 2.21 bits per heavy atom. The van der Waals surface area contributed by atoms with Gasteiger partial charge in [-0.15, -0.1) is 0 Å². The first kappa shape index (κ1) is 15.4. The zero-order chi connectivity index (χ0) is 16.4. The molecule has 3 N–H and O–H groups in total. The summed E-state index contributed by atoms with van der Waals surface area (Å²) in [4.78, 5) is 0. The average molecular weight is 316 g/mol. The summed E-state index contributed by atoms with van der Waals surface area (Å²) in [6, 6.07) is 20.1. The van der Waals surface area contributed by atoms with Gasteiger partial charge in [0, 0.05) is 6.54 Å². The van der Waals surface area contributed by atoms with Crippen LogP contribution in [0.25, 0.3) is 32.3 Å². The number of nitrogens with one attached hydrogen (secondary N) is 1. The summed E-state index contributed by atoms with van der Waals surface area (Å²) in [5.74, 6) is 0. The van der Waals surface area contributed by atoms with Crippen LogP contribution in [0.3, 0.4) is 0 Å². The lowest BCUT2D eigenvalue weighted by molar-refractivity contribution is 0.608. The smallest absolute Gasteiger partial charge is 0.0211 e. The Labute approximate surface area is 143 Å². The largest absolute Gasteiger partial charge is 0.330 e. The molecule has 0 fully saturated rings. The van der Waals surface area contributed by atoms with Gasteiger partial charge in [-0.1, -0.05) is 61.0 Å². The summed E-state index contributed by atoms with van der Waals surface area (Å²) in [6.45, 7) is 2.79. The van der Waals surface area contributed by atoms with Crippen LogP contribution in [0.15, 0.2) is 54.6 Å². The number of hydrogen-bond acceptors (Lipinski definition) is 2. The molecular formula is C22H24N2. The highest BCUT2D eigenvalue weighted by atomic mass is 14.8. The molecule has 0 aliphatic carbocycles. The first-order valence-corrected chi connectivity index (χ1v) is 8.94. The topological polar surface area (TPSA) is 38.0 Å². The van der Waals surface area contributed by atoms with Gasteiger partial charge in [-0.3, -0.25) is 0 Å². The molecule has 0 amide bonds. The third-order valence-corrected chi connectivity index (χ3v) is 4.99. The fourth-order valence-corrected chi connectivity index (χ4v) is 3.74. The van der Waals surface area contributed by atoms with Crippen molar-refractivity contribution >= 4 is 32.3 Å². The van der Waals surface area contributed by atoms with Crippen molar-refractivity contribution in [1.29, 1.82) is 0 Å². The molecule has 122 valence electrons. The molecule has 0 aliphatic rings. The van der Waals surface area contributed by atoms with E-state index in [4.69, 9.17) is 5.73 Å². The maximum absolute atomic E-state index is 5.55. The lowest BCUT2D eigenvalue weighted by Crippen LogP contribution is -2.15. The van der Waals surface area contributed by atoms with E-state index in [-0.39, 0.29) is 0 Å². The van der Waals surface area contributed by atoms with Gasteiger partial charge >= 0.3 is 0 Å². The van der Waals surface area contributed by atoms with Gasteiger partial charge in [-0.2, -0.15) is 0 Å². The molecule has 0 aromatic heterocycles. The highest BCUT2D eigenvalue weighted by Crippen LogP contribution is 2.35. The Morgan fingerprint density at radius 1 is 0.708 bits per heavy atom. The van der Waals surface area contributed by atoms with E-state index in [1.165, 1.54) is 50.7 Å². The lowest BCUT2D eigenvalue weighted by Gasteiger charge is -2.14. The van der Waals surface area contributed by atoms with Crippen molar-refractivity contribution in [2.45, 2.75) is 25.8 Å². The molecule has 0 saturated heterocycles. The van der Waals surface area contributed by atoms with Crippen LogP contribution >= 0.6 is 0 Å². The fourth-order valence-electron chi connectivity index (χ4n) is 3.74. The van der Waals surface area contributed by atoms with E-state index < -0.39 is 0 Å². The third-order valence-electron chi connectivity index (χ3n) is 4.99. The summed E-state index contributed by atoms with van der Waals surface area (Å²) in [6.07, 6.45) is 3.53. The molecule has 24 heavy (non-hydrogen) atoms. The molecule has 0 unspecified atom stereocenters. The predicted molar refractivity (Wildman–Crippen MR) is 105 cm³/mol. The maximum atomic E-state index is 5.55. The molecule has 0 aliphatic heterocycles. The van der Waals surface area contributed by atoms with Crippen LogP contribution in [-0.4, -0.2) is 13.1 Å². The van der Waals surface area contributed by atoms with E-state index >= 15 is 0 Å². The highest BCUT2D eigenvalue weighted by molar-refractivity contribution is 6.23. The summed E-state index contributed by atoms with van der Waals surface area (Å²) in [5.41, 5.74) is 6.94. The van der Waals surface area contributed by atoms with Gasteiger partial charge in [0.1, 0.15) is 0 Å². The van der Waals surface area contributed by atoms with Gasteiger partial charge in [-0.25, -0.2) is 0 Å².